The van der Waals surface area contributed by atoms with Gasteiger partial charge in [0.15, 0.2) is 6.29 Å². The summed E-state index contributed by atoms with van der Waals surface area (Å²) in [6.45, 7) is 0. The van der Waals surface area contributed by atoms with Crippen molar-refractivity contribution in [3.05, 3.63) is 66.6 Å². The van der Waals surface area contributed by atoms with Gasteiger partial charge in [0, 0.05) is 18.0 Å². The highest BCUT2D eigenvalue weighted by atomic mass is 16.1. The zero-order valence-corrected chi connectivity index (χ0v) is 10.1. The van der Waals surface area contributed by atoms with Gasteiger partial charge in [0.2, 0.25) is 0 Å². The second-order valence-corrected chi connectivity index (χ2v) is 4.07. The molecule has 0 unspecified atom stereocenters. The van der Waals surface area contributed by atoms with Gasteiger partial charge < -0.3 is 0 Å². The first-order valence-electron chi connectivity index (χ1n) is 5.89. The van der Waals surface area contributed by atoms with E-state index in [0.29, 0.717) is 11.3 Å². The fraction of sp³-hybridized carbons (Fsp3) is 0. The molecule has 2 heterocycles. The van der Waals surface area contributed by atoms with E-state index >= 15 is 0 Å². The lowest BCUT2D eigenvalue weighted by molar-refractivity contribution is 0.112. The predicted octanol–water partition coefficient (Wildman–Crippen LogP) is 2.75. The lowest BCUT2D eigenvalue weighted by Gasteiger charge is -1.99. The quantitative estimate of drug-likeness (QED) is 0.670. The highest BCUT2D eigenvalue weighted by molar-refractivity contribution is 5.85. The zero-order chi connectivity index (χ0) is 13.1. The smallest absolute Gasteiger partial charge is 0.153 e. The van der Waals surface area contributed by atoms with E-state index in [1.165, 1.54) is 0 Å². The molecule has 0 fully saturated rings. The van der Waals surface area contributed by atoms with Crippen molar-refractivity contribution >= 4 is 6.29 Å². The van der Waals surface area contributed by atoms with Crippen LogP contribution in [0.3, 0.4) is 0 Å². The van der Waals surface area contributed by atoms with Crippen LogP contribution in [-0.4, -0.2) is 21.1 Å². The van der Waals surface area contributed by atoms with Gasteiger partial charge in [0.25, 0.3) is 0 Å². The van der Waals surface area contributed by atoms with Crippen molar-refractivity contribution in [1.29, 1.82) is 0 Å². The van der Waals surface area contributed by atoms with Gasteiger partial charge in [-0.3, -0.25) is 9.78 Å². The molecule has 2 aromatic heterocycles. The number of carbonyl (C=O) groups is 1. The van der Waals surface area contributed by atoms with Gasteiger partial charge in [-0.25, -0.2) is 4.68 Å². The first-order valence-corrected chi connectivity index (χ1v) is 5.89. The van der Waals surface area contributed by atoms with Gasteiger partial charge >= 0.3 is 0 Å². The number of nitrogens with zero attached hydrogens (tertiary/aromatic N) is 3. The number of hydrogen-bond donors (Lipinski definition) is 0. The van der Waals surface area contributed by atoms with Gasteiger partial charge in [0.05, 0.1) is 17.4 Å². The molecule has 4 heteroatoms. The summed E-state index contributed by atoms with van der Waals surface area (Å²) in [7, 11) is 0. The maximum Gasteiger partial charge on any atom is 0.153 e. The van der Waals surface area contributed by atoms with E-state index in [-0.39, 0.29) is 0 Å². The van der Waals surface area contributed by atoms with Crippen molar-refractivity contribution in [3.8, 4) is 16.9 Å². The largest absolute Gasteiger partial charge is 0.298 e. The molecule has 0 N–H and O–H groups in total. The van der Waals surface area contributed by atoms with E-state index in [2.05, 4.69) is 10.1 Å². The third-order valence-electron chi connectivity index (χ3n) is 2.83. The summed E-state index contributed by atoms with van der Waals surface area (Å²) in [5.41, 5.74) is 2.99. The van der Waals surface area contributed by atoms with Crippen molar-refractivity contribution in [2.24, 2.45) is 0 Å². The Labute approximate surface area is 110 Å². The molecule has 19 heavy (non-hydrogen) atoms. The lowest BCUT2D eigenvalue weighted by Crippen LogP contribution is -1.94. The number of aromatic nitrogens is 3. The van der Waals surface area contributed by atoms with Crippen LogP contribution in [0.4, 0.5) is 0 Å². The molecule has 92 valence electrons. The molecule has 3 rings (SSSR count). The van der Waals surface area contributed by atoms with Gasteiger partial charge in [0.1, 0.15) is 5.69 Å². The number of benzene rings is 1. The number of rotatable bonds is 3. The standard InChI is InChI=1S/C15H11N3O/c19-11-13-10-18(14-7-4-8-16-9-14)17-15(13)12-5-2-1-3-6-12/h1-11H. The second-order valence-electron chi connectivity index (χ2n) is 4.07. The van der Waals surface area contributed by atoms with E-state index in [1.807, 2.05) is 42.5 Å². The van der Waals surface area contributed by atoms with E-state index in [1.54, 1.807) is 23.3 Å². The fourth-order valence-electron chi connectivity index (χ4n) is 1.92. The molecule has 0 aliphatic heterocycles. The Morgan fingerprint density at radius 3 is 2.58 bits per heavy atom. The molecule has 0 amide bonds. The van der Waals surface area contributed by atoms with Crippen LogP contribution in [0.15, 0.2) is 61.1 Å². The Bertz CT molecular complexity index is 690. The van der Waals surface area contributed by atoms with Crippen LogP contribution in [0.1, 0.15) is 10.4 Å². The Morgan fingerprint density at radius 2 is 1.89 bits per heavy atom. The molecule has 1 aromatic carbocycles. The molecule has 3 aromatic rings. The Morgan fingerprint density at radius 1 is 1.05 bits per heavy atom. The summed E-state index contributed by atoms with van der Waals surface area (Å²) >= 11 is 0. The monoisotopic (exact) mass is 249 g/mol. The first kappa shape index (κ1) is 11.3. The Balaban J connectivity index is 2.12. The van der Waals surface area contributed by atoms with Crippen LogP contribution in [0.25, 0.3) is 16.9 Å². The van der Waals surface area contributed by atoms with Gasteiger partial charge in [-0.05, 0) is 12.1 Å². The minimum absolute atomic E-state index is 0.565. The van der Waals surface area contributed by atoms with Crippen LogP contribution in [0.2, 0.25) is 0 Å². The molecule has 0 aliphatic rings. The van der Waals surface area contributed by atoms with Gasteiger partial charge in [-0.2, -0.15) is 5.10 Å². The topological polar surface area (TPSA) is 47.8 Å². The van der Waals surface area contributed by atoms with Crippen molar-refractivity contribution in [2.75, 3.05) is 0 Å². The van der Waals surface area contributed by atoms with E-state index in [9.17, 15) is 4.79 Å². The maximum absolute atomic E-state index is 11.2. The molecule has 0 spiro atoms. The molecule has 4 nitrogen and oxygen atoms in total. The Hall–Kier alpha value is -2.75. The van der Waals surface area contributed by atoms with Gasteiger partial charge in [-0.1, -0.05) is 30.3 Å². The van der Waals surface area contributed by atoms with Crippen molar-refractivity contribution < 1.29 is 4.79 Å². The molecule has 0 aliphatic carbocycles. The van der Waals surface area contributed by atoms with Crippen molar-refractivity contribution in [1.82, 2.24) is 14.8 Å². The third kappa shape index (κ3) is 2.15. The summed E-state index contributed by atoms with van der Waals surface area (Å²) in [5.74, 6) is 0. The normalized spacial score (nSPS) is 10.3. The Kier molecular flexibility index (Phi) is 2.90. The average molecular weight is 249 g/mol. The molecule has 0 saturated carbocycles. The highest BCUT2D eigenvalue weighted by Gasteiger charge is 2.11. The number of hydrogen-bond acceptors (Lipinski definition) is 3. The molecule has 0 bridgehead atoms. The summed E-state index contributed by atoms with van der Waals surface area (Å²) in [5, 5.41) is 4.47. The summed E-state index contributed by atoms with van der Waals surface area (Å²) in [4.78, 5) is 15.2. The number of aldehydes is 1. The minimum atomic E-state index is 0.565. The number of pyridine rings is 1. The van der Waals surface area contributed by atoms with Gasteiger partial charge in [-0.15, -0.1) is 0 Å². The second kappa shape index (κ2) is 4.86. The van der Waals surface area contributed by atoms with Crippen molar-refractivity contribution in [3.63, 3.8) is 0 Å². The molecule has 0 radical (unpaired) electrons. The van der Waals surface area contributed by atoms with Crippen LogP contribution in [-0.2, 0) is 0 Å². The van der Waals surface area contributed by atoms with Crippen molar-refractivity contribution in [2.45, 2.75) is 0 Å². The first-order chi connectivity index (χ1) is 9.38. The molecular weight excluding hydrogens is 238 g/mol. The van der Waals surface area contributed by atoms with Crippen LogP contribution < -0.4 is 0 Å². The van der Waals surface area contributed by atoms with E-state index in [0.717, 1.165) is 17.5 Å². The van der Waals surface area contributed by atoms with Crippen LogP contribution in [0.5, 0.6) is 0 Å². The minimum Gasteiger partial charge on any atom is -0.298 e. The third-order valence-corrected chi connectivity index (χ3v) is 2.83. The fourth-order valence-corrected chi connectivity index (χ4v) is 1.92. The lowest BCUT2D eigenvalue weighted by atomic mass is 10.1. The van der Waals surface area contributed by atoms with E-state index in [4.69, 9.17) is 0 Å². The van der Waals surface area contributed by atoms with Crippen LogP contribution in [0, 0.1) is 0 Å². The molecule has 0 saturated heterocycles. The molecule has 0 atom stereocenters. The van der Waals surface area contributed by atoms with E-state index < -0.39 is 0 Å². The van der Waals surface area contributed by atoms with Crippen LogP contribution >= 0.6 is 0 Å². The molecular formula is C15H11N3O. The number of carbonyl (C=O) groups excluding carboxylic acids is 1. The summed E-state index contributed by atoms with van der Waals surface area (Å²) in [6, 6.07) is 13.4. The average Bonchev–Trinajstić information content (AvgIpc) is 2.93. The predicted molar refractivity (Wildman–Crippen MR) is 72.2 cm³/mol. The SMILES string of the molecule is O=Cc1cn(-c2cccnc2)nc1-c1ccccc1. The summed E-state index contributed by atoms with van der Waals surface area (Å²) < 4.78 is 1.67. The zero-order valence-electron chi connectivity index (χ0n) is 10.1. The maximum atomic E-state index is 11.2. The highest BCUT2D eigenvalue weighted by Crippen LogP contribution is 2.21. The summed E-state index contributed by atoms with van der Waals surface area (Å²) in [6.07, 6.45) is 5.94.